The van der Waals surface area contributed by atoms with Gasteiger partial charge in [-0.1, -0.05) is 61.9 Å². The lowest BCUT2D eigenvalue weighted by atomic mass is 10.1. The van der Waals surface area contributed by atoms with Gasteiger partial charge in [0.25, 0.3) is 5.91 Å². The van der Waals surface area contributed by atoms with Crippen molar-refractivity contribution in [3.63, 3.8) is 0 Å². The number of benzene rings is 2. The van der Waals surface area contributed by atoms with Crippen LogP contribution in [0.1, 0.15) is 38.3 Å². The topological polar surface area (TPSA) is 93.0 Å². The molecule has 2 aromatic carbocycles. The third-order valence-electron chi connectivity index (χ3n) is 5.47. The molecule has 8 nitrogen and oxygen atoms in total. The molecule has 1 N–H and O–H groups in total. The van der Waals surface area contributed by atoms with Gasteiger partial charge in [-0.25, -0.2) is 0 Å². The number of hydrogen-bond acceptors (Lipinski definition) is 5. The lowest BCUT2D eigenvalue weighted by Gasteiger charge is -2.29. The zero-order valence-electron chi connectivity index (χ0n) is 19.9. The monoisotopic (exact) mass is 448 g/mol. The number of nitrogens with zero attached hydrogens (tertiary/aromatic N) is 5. The summed E-state index contributed by atoms with van der Waals surface area (Å²) < 4.78 is 0. The van der Waals surface area contributed by atoms with Crippen LogP contribution in [0.3, 0.4) is 0 Å². The van der Waals surface area contributed by atoms with Crippen molar-refractivity contribution in [1.29, 1.82) is 0 Å². The molecular weight excluding hydrogens is 416 g/mol. The Kier molecular flexibility index (Phi) is 7.92. The van der Waals surface area contributed by atoms with Crippen LogP contribution in [0.5, 0.6) is 0 Å². The molecular formula is C25H32N6O2. The molecule has 3 rings (SSSR count). The maximum atomic E-state index is 13.4. The van der Waals surface area contributed by atoms with Gasteiger partial charge in [0.15, 0.2) is 0 Å². The first-order chi connectivity index (χ1) is 15.8. The summed E-state index contributed by atoms with van der Waals surface area (Å²) in [5.74, 6) is 0.448. The van der Waals surface area contributed by atoms with E-state index in [0.717, 1.165) is 23.1 Å². The van der Waals surface area contributed by atoms with E-state index in [1.807, 2.05) is 62.4 Å². The maximum absolute atomic E-state index is 13.4. The van der Waals surface area contributed by atoms with Gasteiger partial charge >= 0.3 is 0 Å². The number of nitrogens with one attached hydrogen (secondary N) is 1. The molecule has 1 heterocycles. The lowest BCUT2D eigenvalue weighted by molar-refractivity contribution is -0.126. The summed E-state index contributed by atoms with van der Waals surface area (Å²) in [5.41, 5.74) is 3.55. The molecule has 0 aliphatic heterocycles. The minimum Gasteiger partial charge on any atom is -0.354 e. The highest BCUT2D eigenvalue weighted by molar-refractivity contribution is 6.00. The second-order valence-electron chi connectivity index (χ2n) is 8.71. The summed E-state index contributed by atoms with van der Waals surface area (Å²) in [7, 11) is 0. The number of aromatic nitrogens is 4. The van der Waals surface area contributed by atoms with E-state index in [0.29, 0.717) is 24.0 Å². The van der Waals surface area contributed by atoms with Crippen LogP contribution in [0.25, 0.3) is 11.4 Å². The molecule has 8 heteroatoms. The molecule has 0 bridgehead atoms. The summed E-state index contributed by atoms with van der Waals surface area (Å²) in [6, 6.07) is 14.6. The molecule has 0 aliphatic carbocycles. The van der Waals surface area contributed by atoms with Gasteiger partial charge < -0.3 is 5.32 Å². The van der Waals surface area contributed by atoms with Crippen LogP contribution in [-0.2, 0) is 16.1 Å². The largest absolute Gasteiger partial charge is 0.354 e. The van der Waals surface area contributed by atoms with Crippen LogP contribution in [0.4, 0.5) is 5.69 Å². The van der Waals surface area contributed by atoms with Gasteiger partial charge in [-0.2, -0.15) is 4.80 Å². The van der Waals surface area contributed by atoms with Crippen LogP contribution in [0.15, 0.2) is 48.5 Å². The first-order valence-electron chi connectivity index (χ1n) is 11.3. The fourth-order valence-electron chi connectivity index (χ4n) is 3.47. The maximum Gasteiger partial charge on any atom is 0.251 e. The fourth-order valence-corrected chi connectivity index (χ4v) is 3.47. The first kappa shape index (κ1) is 24.1. The van der Waals surface area contributed by atoms with Gasteiger partial charge in [0.05, 0.1) is 0 Å². The van der Waals surface area contributed by atoms with Gasteiger partial charge in [0.2, 0.25) is 11.7 Å². The number of aryl methyl sites for hydroxylation is 2. The van der Waals surface area contributed by atoms with Crippen LogP contribution in [0.2, 0.25) is 0 Å². The van der Waals surface area contributed by atoms with Crippen molar-refractivity contribution in [2.24, 2.45) is 5.92 Å². The predicted molar refractivity (Wildman–Crippen MR) is 129 cm³/mol. The van der Waals surface area contributed by atoms with E-state index >= 15 is 0 Å². The quantitative estimate of drug-likeness (QED) is 0.540. The number of amides is 2. The molecule has 0 saturated carbocycles. The molecule has 0 unspecified atom stereocenters. The Bertz CT molecular complexity index is 1090. The molecule has 0 aliphatic rings. The van der Waals surface area contributed by atoms with Crippen molar-refractivity contribution in [3.05, 3.63) is 59.7 Å². The molecule has 2 amide bonds. The number of para-hydroxylation sites is 1. The molecule has 1 aromatic heterocycles. The average molecular weight is 449 g/mol. The summed E-state index contributed by atoms with van der Waals surface area (Å²) in [6.07, 6.45) is 0.876. The number of hydrogen-bond donors (Lipinski definition) is 1. The number of rotatable bonds is 9. The Labute approximate surface area is 195 Å². The minimum atomic E-state index is -0.689. The van der Waals surface area contributed by atoms with Crippen molar-refractivity contribution in [3.8, 4) is 11.4 Å². The van der Waals surface area contributed by atoms with Crippen LogP contribution >= 0.6 is 0 Å². The molecule has 3 aromatic rings. The zero-order valence-corrected chi connectivity index (χ0v) is 19.9. The van der Waals surface area contributed by atoms with Crippen LogP contribution < -0.4 is 10.2 Å². The predicted octanol–water partition coefficient (Wildman–Crippen LogP) is 3.54. The Morgan fingerprint density at radius 3 is 2.39 bits per heavy atom. The van der Waals surface area contributed by atoms with E-state index in [-0.39, 0.29) is 18.4 Å². The summed E-state index contributed by atoms with van der Waals surface area (Å²) in [4.78, 5) is 29.1. The standard InChI is InChI=1S/C25H32N6O2/c1-17(2)14-15-26-25(33)20(5)31(22-9-7-6-8-19(22)4)23(32)16-30-28-24(27-29-30)21-12-10-18(3)11-13-21/h6-13,17,20H,14-16H2,1-5H3,(H,26,33)/t20-/m0/s1. The molecule has 33 heavy (non-hydrogen) atoms. The van der Waals surface area contributed by atoms with Crippen molar-refractivity contribution >= 4 is 17.5 Å². The Balaban J connectivity index is 1.80. The van der Waals surface area contributed by atoms with E-state index in [9.17, 15) is 9.59 Å². The fraction of sp³-hybridized carbons (Fsp3) is 0.400. The summed E-state index contributed by atoms with van der Waals surface area (Å²) in [6.45, 7) is 10.3. The minimum absolute atomic E-state index is 0.128. The highest BCUT2D eigenvalue weighted by Gasteiger charge is 2.29. The SMILES string of the molecule is Cc1ccc(-c2nnn(CC(=O)N(c3ccccc3C)[C@@H](C)C(=O)NCCC(C)C)n2)cc1. The molecule has 0 saturated heterocycles. The summed E-state index contributed by atoms with van der Waals surface area (Å²) in [5, 5.41) is 15.5. The van der Waals surface area contributed by atoms with E-state index < -0.39 is 6.04 Å². The average Bonchev–Trinajstić information content (AvgIpc) is 3.23. The van der Waals surface area contributed by atoms with Crippen molar-refractivity contribution in [2.75, 3.05) is 11.4 Å². The van der Waals surface area contributed by atoms with Gasteiger partial charge in [-0.15, -0.1) is 10.2 Å². The van der Waals surface area contributed by atoms with E-state index in [2.05, 4.69) is 34.6 Å². The zero-order chi connectivity index (χ0) is 24.0. The van der Waals surface area contributed by atoms with Crippen LogP contribution in [0, 0.1) is 19.8 Å². The second-order valence-corrected chi connectivity index (χ2v) is 8.71. The molecule has 0 spiro atoms. The van der Waals surface area contributed by atoms with Crippen molar-refractivity contribution in [1.82, 2.24) is 25.5 Å². The highest BCUT2D eigenvalue weighted by atomic mass is 16.2. The molecule has 174 valence electrons. The third kappa shape index (κ3) is 6.25. The number of tetrazole rings is 1. The van der Waals surface area contributed by atoms with Gasteiger partial charge in [0, 0.05) is 17.8 Å². The van der Waals surface area contributed by atoms with Crippen LogP contribution in [-0.4, -0.2) is 44.6 Å². The van der Waals surface area contributed by atoms with Gasteiger partial charge in [-0.05, 0) is 50.0 Å². The van der Waals surface area contributed by atoms with Gasteiger partial charge in [0.1, 0.15) is 12.6 Å². The van der Waals surface area contributed by atoms with E-state index in [1.165, 1.54) is 9.70 Å². The number of anilines is 1. The number of carbonyl (C=O) groups excluding carboxylic acids is 2. The van der Waals surface area contributed by atoms with Crippen molar-refractivity contribution in [2.45, 2.75) is 53.6 Å². The highest BCUT2D eigenvalue weighted by Crippen LogP contribution is 2.23. The Morgan fingerprint density at radius 1 is 1.03 bits per heavy atom. The Morgan fingerprint density at radius 2 is 1.73 bits per heavy atom. The molecule has 1 atom stereocenters. The normalized spacial score (nSPS) is 11.9. The lowest BCUT2D eigenvalue weighted by Crippen LogP contribution is -2.50. The third-order valence-corrected chi connectivity index (χ3v) is 5.47. The number of carbonyl (C=O) groups is 2. The second kappa shape index (κ2) is 10.8. The van der Waals surface area contributed by atoms with E-state index in [1.54, 1.807) is 6.92 Å². The smallest absolute Gasteiger partial charge is 0.251 e. The Hall–Kier alpha value is -3.55. The van der Waals surface area contributed by atoms with Crippen molar-refractivity contribution < 1.29 is 9.59 Å². The van der Waals surface area contributed by atoms with Gasteiger partial charge in [-0.3, -0.25) is 14.5 Å². The van der Waals surface area contributed by atoms with E-state index in [4.69, 9.17) is 0 Å². The molecule has 0 radical (unpaired) electrons. The summed E-state index contributed by atoms with van der Waals surface area (Å²) >= 11 is 0. The first-order valence-corrected chi connectivity index (χ1v) is 11.3. The molecule has 0 fully saturated rings.